The van der Waals surface area contributed by atoms with Gasteiger partial charge in [-0.3, -0.25) is 10.1 Å². The van der Waals surface area contributed by atoms with Gasteiger partial charge in [0.2, 0.25) is 5.90 Å². The number of hydrogen-bond donors (Lipinski definition) is 0. The molecule has 0 amide bonds. The Kier molecular flexibility index (Phi) is 7.22. The molecule has 10 heteroatoms. The molecule has 9 nitrogen and oxygen atoms in total. The first-order chi connectivity index (χ1) is 17.3. The van der Waals surface area contributed by atoms with Crippen LogP contribution in [0.15, 0.2) is 83.5 Å². The summed E-state index contributed by atoms with van der Waals surface area (Å²) in [7, 11) is 1.41. The Bertz CT molecular complexity index is 1440. The molecule has 3 aromatic rings. The summed E-state index contributed by atoms with van der Waals surface area (Å²) < 4.78 is 15.9. The van der Waals surface area contributed by atoms with Crippen LogP contribution in [-0.2, 0) is 14.3 Å². The zero-order valence-corrected chi connectivity index (χ0v) is 19.5. The summed E-state index contributed by atoms with van der Waals surface area (Å²) in [6.45, 7) is 0. The third-order valence-electron chi connectivity index (χ3n) is 4.91. The number of esters is 2. The van der Waals surface area contributed by atoms with E-state index in [1.165, 1.54) is 43.5 Å². The first-order valence-corrected chi connectivity index (χ1v) is 10.8. The molecule has 1 heterocycles. The lowest BCUT2D eigenvalue weighted by atomic mass is 10.1. The number of nitro groups is 1. The first-order valence-electron chi connectivity index (χ1n) is 10.4. The molecule has 3 aromatic carbocycles. The van der Waals surface area contributed by atoms with Crippen molar-refractivity contribution in [1.82, 2.24) is 0 Å². The van der Waals surface area contributed by atoms with Gasteiger partial charge in [0.15, 0.2) is 17.2 Å². The maximum absolute atomic E-state index is 12.3. The number of methoxy groups -OCH3 is 1. The number of nitrogens with zero attached hydrogens (tertiary/aromatic N) is 2. The number of ether oxygens (including phenoxy) is 3. The predicted molar refractivity (Wildman–Crippen MR) is 133 cm³/mol. The molecule has 0 saturated heterocycles. The maximum atomic E-state index is 12.3. The molecule has 0 radical (unpaired) electrons. The number of aliphatic imine (C=N–C) groups is 1. The third-order valence-corrected chi connectivity index (χ3v) is 5.16. The third kappa shape index (κ3) is 5.83. The highest BCUT2D eigenvalue weighted by atomic mass is 35.5. The van der Waals surface area contributed by atoms with Gasteiger partial charge in [0, 0.05) is 28.8 Å². The second-order valence-electron chi connectivity index (χ2n) is 7.36. The lowest BCUT2D eigenvalue weighted by molar-refractivity contribution is -0.384. The van der Waals surface area contributed by atoms with E-state index in [4.69, 9.17) is 25.8 Å². The van der Waals surface area contributed by atoms with E-state index < -0.39 is 16.9 Å². The van der Waals surface area contributed by atoms with Gasteiger partial charge in [-0.05, 0) is 59.7 Å². The zero-order chi connectivity index (χ0) is 25.7. The number of rotatable bonds is 7. The summed E-state index contributed by atoms with van der Waals surface area (Å²) in [4.78, 5) is 39.1. The minimum atomic E-state index is -0.706. The highest BCUT2D eigenvalue weighted by Gasteiger charge is 2.24. The Morgan fingerprint density at radius 2 is 1.83 bits per heavy atom. The molecule has 0 unspecified atom stereocenters. The van der Waals surface area contributed by atoms with Crippen molar-refractivity contribution in [2.75, 3.05) is 7.11 Å². The second kappa shape index (κ2) is 10.7. The minimum Gasteiger partial charge on any atom is -0.493 e. The molecule has 0 aromatic heterocycles. The number of non-ortho nitro benzene ring substituents is 1. The topological polar surface area (TPSA) is 117 Å². The number of nitro benzene ring substituents is 1. The van der Waals surface area contributed by atoms with Gasteiger partial charge < -0.3 is 14.2 Å². The van der Waals surface area contributed by atoms with Gasteiger partial charge >= 0.3 is 11.9 Å². The van der Waals surface area contributed by atoms with Crippen molar-refractivity contribution in [2.24, 2.45) is 4.99 Å². The quantitative estimate of drug-likeness (QED) is 0.142. The molecule has 4 rings (SSSR count). The molecule has 0 fully saturated rings. The summed E-state index contributed by atoms with van der Waals surface area (Å²) in [6.07, 6.45) is 4.07. The lowest BCUT2D eigenvalue weighted by Crippen LogP contribution is -2.05. The average Bonchev–Trinajstić information content (AvgIpc) is 3.24. The number of halogens is 1. The monoisotopic (exact) mass is 504 g/mol. The summed E-state index contributed by atoms with van der Waals surface area (Å²) in [6, 6.07) is 17.2. The molecule has 0 aliphatic carbocycles. The SMILES string of the molecule is COc1cc(/C=C2\N=C(c3ccc(Cl)cc3)OC2=O)ccc1OC(=O)/C=C/c1cccc([N+](=O)[O-])c1. The summed E-state index contributed by atoms with van der Waals surface area (Å²) in [5.74, 6) is -0.762. The number of benzene rings is 3. The normalized spacial score (nSPS) is 14.0. The van der Waals surface area contributed by atoms with Crippen LogP contribution >= 0.6 is 11.6 Å². The fourth-order valence-corrected chi connectivity index (χ4v) is 3.32. The van der Waals surface area contributed by atoms with E-state index in [-0.39, 0.29) is 28.8 Å². The van der Waals surface area contributed by atoms with Crippen molar-refractivity contribution in [1.29, 1.82) is 0 Å². The number of hydrogen-bond acceptors (Lipinski definition) is 8. The molecule has 1 aliphatic rings. The molecule has 0 atom stereocenters. The fourth-order valence-electron chi connectivity index (χ4n) is 3.19. The van der Waals surface area contributed by atoms with Gasteiger partial charge in [0.25, 0.3) is 5.69 Å². The smallest absolute Gasteiger partial charge is 0.363 e. The van der Waals surface area contributed by atoms with Crippen molar-refractivity contribution in [3.63, 3.8) is 0 Å². The van der Waals surface area contributed by atoms with Crippen molar-refractivity contribution < 1.29 is 28.7 Å². The van der Waals surface area contributed by atoms with E-state index in [0.29, 0.717) is 21.7 Å². The first kappa shape index (κ1) is 24.4. The van der Waals surface area contributed by atoms with Crippen LogP contribution in [0.3, 0.4) is 0 Å². The number of cyclic esters (lactones) is 1. The van der Waals surface area contributed by atoms with Gasteiger partial charge in [-0.15, -0.1) is 0 Å². The molecule has 0 spiro atoms. The van der Waals surface area contributed by atoms with Crippen LogP contribution in [0.25, 0.3) is 12.2 Å². The average molecular weight is 505 g/mol. The Morgan fingerprint density at radius 3 is 2.56 bits per heavy atom. The van der Waals surface area contributed by atoms with Crippen molar-refractivity contribution in [3.05, 3.63) is 110 Å². The van der Waals surface area contributed by atoms with E-state index in [0.717, 1.165) is 6.08 Å². The van der Waals surface area contributed by atoms with Gasteiger partial charge in [-0.2, -0.15) is 0 Å². The van der Waals surface area contributed by atoms with E-state index in [2.05, 4.69) is 4.99 Å². The molecular formula is C26H17ClN2O7. The van der Waals surface area contributed by atoms with Crippen LogP contribution in [0.4, 0.5) is 5.69 Å². The lowest BCUT2D eigenvalue weighted by Gasteiger charge is -2.08. The summed E-state index contributed by atoms with van der Waals surface area (Å²) in [5.41, 5.74) is 1.64. The molecule has 36 heavy (non-hydrogen) atoms. The van der Waals surface area contributed by atoms with Crippen LogP contribution < -0.4 is 9.47 Å². The second-order valence-corrected chi connectivity index (χ2v) is 7.80. The van der Waals surface area contributed by atoms with E-state index >= 15 is 0 Å². The fraction of sp³-hybridized carbons (Fsp3) is 0.0385. The van der Waals surface area contributed by atoms with E-state index in [1.54, 1.807) is 42.5 Å². The zero-order valence-electron chi connectivity index (χ0n) is 18.7. The Balaban J connectivity index is 1.49. The van der Waals surface area contributed by atoms with Crippen molar-refractivity contribution in [3.8, 4) is 11.5 Å². The Labute approximate surface area is 210 Å². The van der Waals surface area contributed by atoms with Crippen LogP contribution in [0.5, 0.6) is 11.5 Å². The molecular weight excluding hydrogens is 488 g/mol. The predicted octanol–water partition coefficient (Wildman–Crippen LogP) is 5.22. The maximum Gasteiger partial charge on any atom is 0.363 e. The van der Waals surface area contributed by atoms with Gasteiger partial charge in [0.05, 0.1) is 12.0 Å². The molecule has 0 bridgehead atoms. The van der Waals surface area contributed by atoms with Gasteiger partial charge in [-0.1, -0.05) is 29.8 Å². The van der Waals surface area contributed by atoms with E-state index in [9.17, 15) is 19.7 Å². The molecule has 180 valence electrons. The van der Waals surface area contributed by atoms with E-state index in [1.807, 2.05) is 0 Å². The van der Waals surface area contributed by atoms with Gasteiger partial charge in [-0.25, -0.2) is 14.6 Å². The number of carbonyl (C=O) groups is 2. The molecule has 0 saturated carbocycles. The van der Waals surface area contributed by atoms with Gasteiger partial charge in [0.1, 0.15) is 0 Å². The largest absolute Gasteiger partial charge is 0.493 e. The molecule has 1 aliphatic heterocycles. The highest BCUT2D eigenvalue weighted by Crippen LogP contribution is 2.30. The minimum absolute atomic E-state index is 0.0895. The van der Waals surface area contributed by atoms with Crippen molar-refractivity contribution in [2.45, 2.75) is 0 Å². The summed E-state index contributed by atoms with van der Waals surface area (Å²) >= 11 is 5.89. The van der Waals surface area contributed by atoms with Crippen LogP contribution in [-0.4, -0.2) is 29.9 Å². The summed E-state index contributed by atoms with van der Waals surface area (Å²) in [5, 5.41) is 11.4. The van der Waals surface area contributed by atoms with Crippen LogP contribution in [0.2, 0.25) is 5.02 Å². The number of carbonyl (C=O) groups excluding carboxylic acids is 2. The standard InChI is InChI=1S/C26H17ClN2O7/c1-34-23-15-17(14-21-26(31)36-25(28-21)18-7-9-19(27)10-8-18)5-11-22(23)35-24(30)12-6-16-3-2-4-20(13-16)29(32)33/h2-15H,1H3/b12-6+,21-14-. The van der Waals surface area contributed by atoms with Crippen LogP contribution in [0.1, 0.15) is 16.7 Å². The highest BCUT2D eigenvalue weighted by molar-refractivity contribution is 6.30. The van der Waals surface area contributed by atoms with Crippen molar-refractivity contribution >= 4 is 47.3 Å². The Hall–Kier alpha value is -4.76. The molecule has 0 N–H and O–H groups in total. The van der Waals surface area contributed by atoms with Crippen LogP contribution in [0, 0.1) is 10.1 Å². The Morgan fingerprint density at radius 1 is 1.06 bits per heavy atom.